The van der Waals surface area contributed by atoms with Crippen LogP contribution >= 0.6 is 0 Å². The van der Waals surface area contributed by atoms with E-state index in [2.05, 4.69) is 11.8 Å². The van der Waals surface area contributed by atoms with Crippen molar-refractivity contribution in [3.05, 3.63) is 41.2 Å². The normalized spacial score (nSPS) is 12.9. The fraction of sp³-hybridized carbons (Fsp3) is 0.533. The molecule has 1 unspecified atom stereocenters. The van der Waals surface area contributed by atoms with Crippen molar-refractivity contribution in [2.45, 2.75) is 56.2 Å². The van der Waals surface area contributed by atoms with Gasteiger partial charge in [0.1, 0.15) is 0 Å². The van der Waals surface area contributed by atoms with Crippen molar-refractivity contribution in [2.75, 3.05) is 0 Å². The summed E-state index contributed by atoms with van der Waals surface area (Å²) in [6.45, 7) is 11.2. The molecule has 0 saturated carbocycles. The average Bonchev–Trinajstić information content (AvgIpc) is 2.39. The van der Waals surface area contributed by atoms with Gasteiger partial charge in [-0.3, -0.25) is 4.85 Å². The Bertz CT molecular complexity index is 526. The van der Waals surface area contributed by atoms with Crippen LogP contribution in [0.15, 0.2) is 29.2 Å². The lowest BCUT2D eigenvalue weighted by Crippen LogP contribution is -2.17. The SMILES string of the molecule is [C-]#[N+]C(CCCCCC)S(=O)(=O)c1ccc(C)cc1. The lowest BCUT2D eigenvalue weighted by Gasteiger charge is -2.08. The van der Waals surface area contributed by atoms with Crippen molar-refractivity contribution in [3.8, 4) is 0 Å². The molecular formula is C15H21NO2S. The van der Waals surface area contributed by atoms with Gasteiger partial charge in [0, 0.05) is 6.42 Å². The molecule has 0 radical (unpaired) electrons. The topological polar surface area (TPSA) is 38.5 Å². The van der Waals surface area contributed by atoms with Crippen molar-refractivity contribution >= 4 is 9.84 Å². The Morgan fingerprint density at radius 2 is 1.79 bits per heavy atom. The summed E-state index contributed by atoms with van der Waals surface area (Å²) in [5, 5.41) is -0.938. The van der Waals surface area contributed by atoms with E-state index in [9.17, 15) is 8.42 Å². The Kier molecular flexibility index (Phi) is 6.04. The first-order chi connectivity index (χ1) is 9.02. The zero-order valence-electron chi connectivity index (χ0n) is 11.6. The van der Waals surface area contributed by atoms with E-state index >= 15 is 0 Å². The maximum absolute atomic E-state index is 12.3. The number of sulfone groups is 1. The molecule has 0 aliphatic carbocycles. The molecule has 0 N–H and O–H groups in total. The van der Waals surface area contributed by atoms with Crippen molar-refractivity contribution in [3.63, 3.8) is 0 Å². The van der Waals surface area contributed by atoms with Gasteiger partial charge >= 0.3 is 5.37 Å². The molecule has 0 amide bonds. The zero-order chi connectivity index (χ0) is 14.3. The van der Waals surface area contributed by atoms with Gasteiger partial charge in [-0.05, 0) is 25.5 Å². The van der Waals surface area contributed by atoms with Crippen LogP contribution in [-0.2, 0) is 9.84 Å². The highest BCUT2D eigenvalue weighted by atomic mass is 32.2. The van der Waals surface area contributed by atoms with Gasteiger partial charge in [0.2, 0.25) is 0 Å². The van der Waals surface area contributed by atoms with Crippen molar-refractivity contribution in [1.82, 2.24) is 0 Å². The van der Waals surface area contributed by atoms with Crippen molar-refractivity contribution < 1.29 is 8.42 Å². The minimum Gasteiger partial charge on any atom is -0.296 e. The van der Waals surface area contributed by atoms with Crippen LogP contribution in [0.4, 0.5) is 0 Å². The first kappa shape index (κ1) is 15.7. The Hall–Kier alpha value is -1.34. The molecule has 0 aliphatic heterocycles. The minimum absolute atomic E-state index is 0.259. The van der Waals surface area contributed by atoms with Crippen LogP contribution in [-0.4, -0.2) is 13.8 Å². The highest BCUT2D eigenvalue weighted by Gasteiger charge is 2.31. The van der Waals surface area contributed by atoms with E-state index in [0.29, 0.717) is 6.42 Å². The number of unbranched alkanes of at least 4 members (excludes halogenated alkanes) is 3. The fourth-order valence-corrected chi connectivity index (χ4v) is 3.37. The van der Waals surface area contributed by atoms with Crippen molar-refractivity contribution in [2.24, 2.45) is 0 Å². The second-order valence-electron chi connectivity index (χ2n) is 4.79. The second-order valence-corrected chi connectivity index (χ2v) is 6.90. The molecule has 4 heteroatoms. The molecule has 19 heavy (non-hydrogen) atoms. The Morgan fingerprint density at radius 3 is 2.32 bits per heavy atom. The first-order valence-corrected chi connectivity index (χ1v) is 8.24. The van der Waals surface area contributed by atoms with E-state index in [1.54, 1.807) is 24.3 Å². The molecule has 0 spiro atoms. The number of rotatable bonds is 7. The van der Waals surface area contributed by atoms with Crippen LogP contribution in [0.25, 0.3) is 4.85 Å². The van der Waals surface area contributed by atoms with Crippen LogP contribution in [0.3, 0.4) is 0 Å². The summed E-state index contributed by atoms with van der Waals surface area (Å²) in [5.41, 5.74) is 1.02. The van der Waals surface area contributed by atoms with E-state index in [-0.39, 0.29) is 4.90 Å². The molecule has 1 atom stereocenters. The van der Waals surface area contributed by atoms with E-state index in [0.717, 1.165) is 31.2 Å². The third-order valence-electron chi connectivity index (χ3n) is 3.16. The standard InChI is InChI=1S/C15H21NO2S/c1-4-5-6-7-8-15(16-3)19(17,18)14-11-9-13(2)10-12-14/h9-12,15H,4-8H2,1-2H3. The van der Waals surface area contributed by atoms with Gasteiger partial charge in [-0.15, -0.1) is 0 Å². The zero-order valence-corrected chi connectivity index (χ0v) is 12.4. The summed E-state index contributed by atoms with van der Waals surface area (Å²) >= 11 is 0. The quantitative estimate of drug-likeness (QED) is 0.559. The number of benzene rings is 1. The van der Waals surface area contributed by atoms with Gasteiger partial charge in [-0.2, -0.15) is 0 Å². The molecule has 1 aromatic carbocycles. The molecule has 1 aromatic rings. The van der Waals surface area contributed by atoms with Gasteiger partial charge in [0.15, 0.2) is 0 Å². The maximum Gasteiger partial charge on any atom is 0.325 e. The highest BCUT2D eigenvalue weighted by Crippen LogP contribution is 2.22. The molecule has 0 aromatic heterocycles. The molecule has 0 bridgehead atoms. The minimum atomic E-state index is -3.51. The average molecular weight is 279 g/mol. The van der Waals surface area contributed by atoms with Crippen LogP contribution in [0.2, 0.25) is 0 Å². The first-order valence-electron chi connectivity index (χ1n) is 6.69. The summed E-state index contributed by atoms with van der Waals surface area (Å²) in [6.07, 6.45) is 4.42. The van der Waals surface area contributed by atoms with Gasteiger partial charge < -0.3 is 0 Å². The summed E-state index contributed by atoms with van der Waals surface area (Å²) in [4.78, 5) is 3.58. The third-order valence-corrected chi connectivity index (χ3v) is 5.14. The molecule has 0 fully saturated rings. The Labute approximate surface area is 116 Å². The van der Waals surface area contributed by atoms with Gasteiger partial charge in [-0.1, -0.05) is 43.9 Å². The fourth-order valence-electron chi connectivity index (χ4n) is 1.92. The molecule has 3 nitrogen and oxygen atoms in total. The predicted octanol–water partition coefficient (Wildman–Crippen LogP) is 3.98. The van der Waals surface area contributed by atoms with E-state index < -0.39 is 15.2 Å². The number of nitrogens with zero attached hydrogens (tertiary/aromatic N) is 1. The largest absolute Gasteiger partial charge is 0.325 e. The number of hydrogen-bond acceptors (Lipinski definition) is 2. The molecule has 0 saturated heterocycles. The molecule has 0 heterocycles. The summed E-state index contributed by atoms with van der Waals surface area (Å²) in [5.74, 6) is 0. The lowest BCUT2D eigenvalue weighted by molar-refractivity contribution is 0.572. The molecule has 1 rings (SSSR count). The van der Waals surface area contributed by atoms with Gasteiger partial charge in [-0.25, -0.2) is 15.0 Å². The predicted molar refractivity (Wildman–Crippen MR) is 77.5 cm³/mol. The molecule has 104 valence electrons. The van der Waals surface area contributed by atoms with E-state index in [1.807, 2.05) is 6.92 Å². The highest BCUT2D eigenvalue weighted by molar-refractivity contribution is 7.92. The third kappa shape index (κ3) is 4.36. The Morgan fingerprint density at radius 1 is 1.16 bits per heavy atom. The maximum atomic E-state index is 12.3. The Balaban J connectivity index is 2.79. The van der Waals surface area contributed by atoms with E-state index in [1.165, 1.54) is 0 Å². The summed E-state index contributed by atoms with van der Waals surface area (Å²) in [6, 6.07) is 6.72. The van der Waals surface area contributed by atoms with Gasteiger partial charge in [0.25, 0.3) is 9.84 Å². The lowest BCUT2D eigenvalue weighted by atomic mass is 10.1. The van der Waals surface area contributed by atoms with Crippen LogP contribution in [0, 0.1) is 13.5 Å². The smallest absolute Gasteiger partial charge is 0.296 e. The number of hydrogen-bond donors (Lipinski definition) is 0. The molecule has 0 aliphatic rings. The second kappa shape index (κ2) is 7.30. The van der Waals surface area contributed by atoms with Crippen LogP contribution in [0.1, 0.15) is 44.6 Å². The van der Waals surface area contributed by atoms with Gasteiger partial charge in [0.05, 0.1) is 4.90 Å². The van der Waals surface area contributed by atoms with Crippen LogP contribution < -0.4 is 0 Å². The van der Waals surface area contributed by atoms with E-state index in [4.69, 9.17) is 6.57 Å². The molecular weight excluding hydrogens is 258 g/mol. The summed E-state index contributed by atoms with van der Waals surface area (Å²) < 4.78 is 24.6. The van der Waals surface area contributed by atoms with Crippen molar-refractivity contribution in [1.29, 1.82) is 0 Å². The monoisotopic (exact) mass is 279 g/mol. The summed E-state index contributed by atoms with van der Waals surface area (Å²) in [7, 11) is -3.51. The number of aryl methyl sites for hydroxylation is 1. The van der Waals surface area contributed by atoms with Crippen LogP contribution in [0.5, 0.6) is 0 Å².